The topological polar surface area (TPSA) is 48.1 Å². The van der Waals surface area contributed by atoms with Crippen molar-refractivity contribution in [2.75, 3.05) is 13.2 Å². The molecule has 2 unspecified atom stereocenters. The third-order valence-corrected chi connectivity index (χ3v) is 6.85. The molecule has 1 saturated heterocycles. The summed E-state index contributed by atoms with van der Waals surface area (Å²) in [5, 5.41) is 0. The molecule has 3 aromatic rings. The molecule has 1 aliphatic carbocycles. The van der Waals surface area contributed by atoms with Crippen LogP contribution >= 0.6 is 0 Å². The van der Waals surface area contributed by atoms with Crippen molar-refractivity contribution in [2.24, 2.45) is 0 Å². The molecule has 4 heteroatoms. The van der Waals surface area contributed by atoms with Crippen LogP contribution in [0.1, 0.15) is 72.5 Å². The number of carbonyl (C=O) groups is 1. The molecule has 2 aliphatic rings. The van der Waals surface area contributed by atoms with E-state index in [1.165, 1.54) is 47.1 Å². The van der Waals surface area contributed by atoms with E-state index < -0.39 is 0 Å². The van der Waals surface area contributed by atoms with Crippen molar-refractivity contribution >= 4 is 5.97 Å². The maximum Gasteiger partial charge on any atom is 0.343 e. The van der Waals surface area contributed by atoms with Crippen molar-refractivity contribution in [3.8, 4) is 22.6 Å². The van der Waals surface area contributed by atoms with Crippen LogP contribution in [-0.2, 0) is 11.2 Å². The fourth-order valence-corrected chi connectivity index (χ4v) is 4.71. The Labute approximate surface area is 201 Å². The van der Waals surface area contributed by atoms with E-state index in [1.807, 2.05) is 42.5 Å². The van der Waals surface area contributed by atoms with Gasteiger partial charge in [0, 0.05) is 12.3 Å². The summed E-state index contributed by atoms with van der Waals surface area (Å²) in [4.78, 5) is 12.7. The van der Waals surface area contributed by atoms with Crippen molar-refractivity contribution in [3.63, 3.8) is 0 Å². The lowest BCUT2D eigenvalue weighted by molar-refractivity contribution is 0.0734. The lowest BCUT2D eigenvalue weighted by Crippen LogP contribution is -2.08. The van der Waals surface area contributed by atoms with E-state index in [0.717, 1.165) is 25.2 Å². The zero-order valence-corrected chi connectivity index (χ0v) is 20.0. The molecule has 0 saturated carbocycles. The molecule has 0 aromatic heterocycles. The van der Waals surface area contributed by atoms with Crippen LogP contribution < -0.4 is 9.47 Å². The third kappa shape index (κ3) is 5.02. The molecule has 1 fully saturated rings. The molecule has 0 radical (unpaired) electrons. The van der Waals surface area contributed by atoms with Crippen molar-refractivity contribution in [3.05, 3.63) is 82.9 Å². The number of esters is 1. The van der Waals surface area contributed by atoms with Crippen molar-refractivity contribution in [2.45, 2.75) is 58.0 Å². The highest BCUT2D eigenvalue weighted by Crippen LogP contribution is 2.47. The molecule has 176 valence electrons. The Bertz CT molecular complexity index is 1160. The number of hydrogen-bond donors (Lipinski definition) is 0. The van der Waals surface area contributed by atoms with E-state index in [1.54, 1.807) is 0 Å². The highest BCUT2D eigenvalue weighted by Gasteiger charge is 2.27. The highest BCUT2D eigenvalue weighted by molar-refractivity contribution is 5.91. The minimum Gasteiger partial charge on any atom is -0.493 e. The van der Waals surface area contributed by atoms with Gasteiger partial charge in [0.1, 0.15) is 11.5 Å². The van der Waals surface area contributed by atoms with Crippen LogP contribution in [0.3, 0.4) is 0 Å². The van der Waals surface area contributed by atoms with Crippen LogP contribution in [0, 0.1) is 0 Å². The van der Waals surface area contributed by atoms with Gasteiger partial charge in [-0.2, -0.15) is 0 Å². The largest absolute Gasteiger partial charge is 0.493 e. The summed E-state index contributed by atoms with van der Waals surface area (Å²) in [6.45, 7) is 5.92. The van der Waals surface area contributed by atoms with Gasteiger partial charge in [-0.25, -0.2) is 4.79 Å². The smallest absolute Gasteiger partial charge is 0.343 e. The van der Waals surface area contributed by atoms with E-state index in [0.29, 0.717) is 24.0 Å². The zero-order chi connectivity index (χ0) is 23.5. The van der Waals surface area contributed by atoms with Gasteiger partial charge in [-0.05, 0) is 77.1 Å². The number of carbonyl (C=O) groups excluding carboxylic acids is 1. The number of benzene rings is 3. The SMILES string of the molecule is CCCCCc1ccc(C(=O)Oc2ccc3c(c2)C(C)c2cc(OCCC4CO4)ccc2-3)cc1. The Balaban J connectivity index is 1.25. The van der Waals surface area contributed by atoms with Gasteiger partial charge in [-0.3, -0.25) is 0 Å². The lowest BCUT2D eigenvalue weighted by Gasteiger charge is -2.10. The molecule has 0 N–H and O–H groups in total. The zero-order valence-electron chi connectivity index (χ0n) is 20.0. The van der Waals surface area contributed by atoms with Gasteiger partial charge in [0.25, 0.3) is 0 Å². The van der Waals surface area contributed by atoms with E-state index in [-0.39, 0.29) is 11.9 Å². The van der Waals surface area contributed by atoms with E-state index in [2.05, 4.69) is 32.0 Å². The summed E-state index contributed by atoms with van der Waals surface area (Å²) in [5.41, 5.74) is 6.67. The second-order valence-electron chi connectivity index (χ2n) is 9.36. The first kappa shape index (κ1) is 22.7. The maximum absolute atomic E-state index is 12.7. The lowest BCUT2D eigenvalue weighted by atomic mass is 9.99. The van der Waals surface area contributed by atoms with Crippen LogP contribution in [0.5, 0.6) is 11.5 Å². The molecule has 0 amide bonds. The van der Waals surface area contributed by atoms with Gasteiger partial charge in [0.15, 0.2) is 0 Å². The normalized spacial score (nSPS) is 17.7. The number of unbranched alkanes of at least 4 members (excludes halogenated alkanes) is 2. The van der Waals surface area contributed by atoms with Gasteiger partial charge < -0.3 is 14.2 Å². The average Bonchev–Trinajstić information content (AvgIpc) is 3.64. The Morgan fingerprint density at radius 1 is 0.941 bits per heavy atom. The summed E-state index contributed by atoms with van der Waals surface area (Å²) in [6, 6.07) is 20.1. The Kier molecular flexibility index (Phi) is 6.68. The summed E-state index contributed by atoms with van der Waals surface area (Å²) in [7, 11) is 0. The molecule has 1 heterocycles. The molecular formula is C30H32O4. The standard InChI is InChI=1S/C30H32O4/c1-3-4-5-6-21-7-9-22(10-8-21)30(31)34-24-12-14-27-26-13-11-23(32-16-15-25-19-33-25)17-28(26)20(2)29(27)18-24/h7-14,17-18,20,25H,3-6,15-16,19H2,1-2H3. The summed E-state index contributed by atoms with van der Waals surface area (Å²) >= 11 is 0. The molecule has 5 rings (SSSR count). The molecule has 0 spiro atoms. The molecule has 0 bridgehead atoms. The first-order valence-electron chi connectivity index (χ1n) is 12.5. The van der Waals surface area contributed by atoms with Gasteiger partial charge >= 0.3 is 5.97 Å². The van der Waals surface area contributed by atoms with E-state index in [9.17, 15) is 4.79 Å². The summed E-state index contributed by atoms with van der Waals surface area (Å²) in [6.07, 6.45) is 5.98. The average molecular weight is 457 g/mol. The first-order chi connectivity index (χ1) is 16.6. The van der Waals surface area contributed by atoms with Gasteiger partial charge in [-0.1, -0.05) is 51.0 Å². The second-order valence-corrected chi connectivity index (χ2v) is 9.36. The van der Waals surface area contributed by atoms with Gasteiger partial charge in [0.2, 0.25) is 0 Å². The highest BCUT2D eigenvalue weighted by atomic mass is 16.6. The van der Waals surface area contributed by atoms with Gasteiger partial charge in [-0.15, -0.1) is 0 Å². The number of ether oxygens (including phenoxy) is 3. The van der Waals surface area contributed by atoms with Crippen molar-refractivity contribution < 1.29 is 19.0 Å². The fourth-order valence-electron chi connectivity index (χ4n) is 4.71. The van der Waals surface area contributed by atoms with Crippen molar-refractivity contribution in [1.29, 1.82) is 0 Å². The van der Waals surface area contributed by atoms with Crippen LogP contribution in [0.15, 0.2) is 60.7 Å². The number of epoxide rings is 1. The van der Waals surface area contributed by atoms with Gasteiger partial charge in [0.05, 0.1) is 24.9 Å². The molecule has 1 aliphatic heterocycles. The first-order valence-corrected chi connectivity index (χ1v) is 12.5. The minimum atomic E-state index is -0.321. The predicted octanol–water partition coefficient (Wildman–Crippen LogP) is 6.94. The van der Waals surface area contributed by atoms with Crippen LogP contribution in [0.2, 0.25) is 0 Å². The van der Waals surface area contributed by atoms with Crippen LogP contribution in [0.25, 0.3) is 11.1 Å². The number of fused-ring (bicyclic) bond motifs is 3. The summed E-state index contributed by atoms with van der Waals surface area (Å²) in [5.74, 6) is 1.36. The molecule has 3 aromatic carbocycles. The monoisotopic (exact) mass is 456 g/mol. The fraction of sp³-hybridized carbons (Fsp3) is 0.367. The molecule has 4 nitrogen and oxygen atoms in total. The number of hydrogen-bond acceptors (Lipinski definition) is 4. The third-order valence-electron chi connectivity index (χ3n) is 6.85. The Hall–Kier alpha value is -3.11. The number of rotatable bonds is 10. The quantitative estimate of drug-likeness (QED) is 0.143. The van der Waals surface area contributed by atoms with Crippen molar-refractivity contribution in [1.82, 2.24) is 0 Å². The second kappa shape index (κ2) is 10.0. The van der Waals surface area contributed by atoms with E-state index in [4.69, 9.17) is 14.2 Å². The Morgan fingerprint density at radius 3 is 2.29 bits per heavy atom. The maximum atomic E-state index is 12.7. The van der Waals surface area contributed by atoms with Crippen LogP contribution in [-0.4, -0.2) is 25.3 Å². The molecule has 34 heavy (non-hydrogen) atoms. The molecular weight excluding hydrogens is 424 g/mol. The Morgan fingerprint density at radius 2 is 1.62 bits per heavy atom. The summed E-state index contributed by atoms with van der Waals surface area (Å²) < 4.78 is 16.9. The number of aryl methyl sites for hydroxylation is 1. The molecule has 2 atom stereocenters. The minimum absolute atomic E-state index is 0.210. The van der Waals surface area contributed by atoms with E-state index >= 15 is 0 Å². The predicted molar refractivity (Wildman–Crippen MR) is 134 cm³/mol. The van der Waals surface area contributed by atoms with Crippen LogP contribution in [0.4, 0.5) is 0 Å².